The molecule has 0 saturated heterocycles. The number of unbranched alkanes of at least 4 members (excludes halogenated alkanes) is 2. The lowest BCUT2D eigenvalue weighted by molar-refractivity contribution is -0.137. The van der Waals surface area contributed by atoms with E-state index >= 15 is 0 Å². The van der Waals surface area contributed by atoms with Crippen molar-refractivity contribution in [2.45, 2.75) is 38.6 Å². The van der Waals surface area contributed by atoms with Gasteiger partial charge in [0, 0.05) is 24.9 Å². The summed E-state index contributed by atoms with van der Waals surface area (Å²) in [6.45, 7) is 3.02. The maximum absolute atomic E-state index is 10.3. The molecule has 0 aliphatic carbocycles. The Bertz CT molecular complexity index is 327. The molecule has 94 valence electrons. The Morgan fingerprint density at radius 1 is 1.47 bits per heavy atom. The first-order valence-electron chi connectivity index (χ1n) is 6.05. The smallest absolute Gasteiger partial charge is 0.303 e. The highest BCUT2D eigenvalue weighted by Gasteiger charge is 2.03. The van der Waals surface area contributed by atoms with Crippen LogP contribution < -0.4 is 5.32 Å². The molecule has 2 N–H and O–H groups in total. The topological polar surface area (TPSA) is 62.2 Å². The summed E-state index contributed by atoms with van der Waals surface area (Å²) in [6, 6.07) is 4.28. The van der Waals surface area contributed by atoms with Crippen molar-refractivity contribution in [2.24, 2.45) is 0 Å². The minimum atomic E-state index is -0.707. The molecule has 0 aromatic carbocycles. The summed E-state index contributed by atoms with van der Waals surface area (Å²) in [5.74, 6) is -0.707. The zero-order valence-corrected chi connectivity index (χ0v) is 10.2. The SMILES string of the molecule is CC(NCCCCCC(=O)O)c1cccnc1. The molecule has 17 heavy (non-hydrogen) atoms. The quantitative estimate of drug-likeness (QED) is 0.680. The third-order valence-corrected chi connectivity index (χ3v) is 2.70. The molecule has 0 spiro atoms. The van der Waals surface area contributed by atoms with Gasteiger partial charge in [0.05, 0.1) is 0 Å². The normalized spacial score (nSPS) is 12.3. The molecule has 0 saturated carbocycles. The van der Waals surface area contributed by atoms with Gasteiger partial charge in [-0.2, -0.15) is 0 Å². The number of carbonyl (C=O) groups is 1. The van der Waals surface area contributed by atoms with Crippen molar-refractivity contribution in [2.75, 3.05) is 6.54 Å². The molecular formula is C13H20N2O2. The number of aromatic nitrogens is 1. The van der Waals surface area contributed by atoms with Crippen LogP contribution in [0.3, 0.4) is 0 Å². The lowest BCUT2D eigenvalue weighted by atomic mass is 10.1. The fourth-order valence-electron chi connectivity index (χ4n) is 1.65. The molecule has 4 nitrogen and oxygen atoms in total. The summed E-state index contributed by atoms with van der Waals surface area (Å²) in [7, 11) is 0. The van der Waals surface area contributed by atoms with Crippen LogP contribution in [0.1, 0.15) is 44.2 Å². The van der Waals surface area contributed by atoms with Gasteiger partial charge in [-0.05, 0) is 37.9 Å². The van der Waals surface area contributed by atoms with E-state index in [-0.39, 0.29) is 6.42 Å². The van der Waals surface area contributed by atoms with E-state index in [1.807, 2.05) is 12.3 Å². The summed E-state index contributed by atoms with van der Waals surface area (Å²) in [4.78, 5) is 14.4. The number of pyridine rings is 1. The Morgan fingerprint density at radius 3 is 2.94 bits per heavy atom. The Labute approximate surface area is 102 Å². The van der Waals surface area contributed by atoms with Crippen molar-refractivity contribution in [1.82, 2.24) is 10.3 Å². The van der Waals surface area contributed by atoms with Gasteiger partial charge in [0.25, 0.3) is 0 Å². The maximum atomic E-state index is 10.3. The second-order valence-corrected chi connectivity index (χ2v) is 4.17. The third kappa shape index (κ3) is 6.02. The summed E-state index contributed by atoms with van der Waals surface area (Å²) in [5, 5.41) is 11.9. The van der Waals surface area contributed by atoms with Crippen LogP contribution in [0.25, 0.3) is 0 Å². The average molecular weight is 236 g/mol. The molecule has 1 aromatic heterocycles. The maximum Gasteiger partial charge on any atom is 0.303 e. The Morgan fingerprint density at radius 2 is 2.29 bits per heavy atom. The first-order chi connectivity index (χ1) is 8.20. The number of nitrogens with zero attached hydrogens (tertiary/aromatic N) is 1. The van der Waals surface area contributed by atoms with E-state index in [9.17, 15) is 4.79 Å². The van der Waals surface area contributed by atoms with Gasteiger partial charge in [0.1, 0.15) is 0 Å². The Kier molecular flexibility index (Phi) is 6.25. The number of rotatable bonds is 8. The molecule has 0 aliphatic rings. The number of aliphatic carboxylic acids is 1. The zero-order valence-electron chi connectivity index (χ0n) is 10.2. The van der Waals surface area contributed by atoms with Crippen LogP contribution in [-0.2, 0) is 4.79 Å². The summed E-state index contributed by atoms with van der Waals surface area (Å²) < 4.78 is 0. The molecule has 0 fully saturated rings. The van der Waals surface area contributed by atoms with E-state index in [2.05, 4.69) is 23.3 Å². The predicted octanol–water partition coefficient (Wildman–Crippen LogP) is 2.38. The van der Waals surface area contributed by atoms with Crippen molar-refractivity contribution >= 4 is 5.97 Å². The average Bonchev–Trinajstić information content (AvgIpc) is 2.34. The van der Waals surface area contributed by atoms with Gasteiger partial charge in [-0.15, -0.1) is 0 Å². The van der Waals surface area contributed by atoms with Crippen molar-refractivity contribution in [3.05, 3.63) is 30.1 Å². The van der Waals surface area contributed by atoms with Crippen LogP contribution >= 0.6 is 0 Å². The van der Waals surface area contributed by atoms with E-state index in [1.165, 1.54) is 5.56 Å². The van der Waals surface area contributed by atoms with E-state index in [0.29, 0.717) is 6.04 Å². The summed E-state index contributed by atoms with van der Waals surface area (Å²) in [5.41, 5.74) is 1.18. The molecule has 0 radical (unpaired) electrons. The molecule has 1 heterocycles. The van der Waals surface area contributed by atoms with Gasteiger partial charge in [0.15, 0.2) is 0 Å². The lowest BCUT2D eigenvalue weighted by Gasteiger charge is -2.13. The van der Waals surface area contributed by atoms with Gasteiger partial charge in [0.2, 0.25) is 0 Å². The first kappa shape index (κ1) is 13.6. The molecule has 1 atom stereocenters. The number of hydrogen-bond donors (Lipinski definition) is 2. The van der Waals surface area contributed by atoms with E-state index < -0.39 is 5.97 Å². The highest BCUT2D eigenvalue weighted by molar-refractivity contribution is 5.66. The van der Waals surface area contributed by atoms with Crippen molar-refractivity contribution < 1.29 is 9.90 Å². The number of nitrogens with one attached hydrogen (secondary N) is 1. The van der Waals surface area contributed by atoms with Gasteiger partial charge >= 0.3 is 5.97 Å². The van der Waals surface area contributed by atoms with E-state index in [4.69, 9.17) is 5.11 Å². The monoisotopic (exact) mass is 236 g/mol. The minimum Gasteiger partial charge on any atom is -0.481 e. The molecule has 1 unspecified atom stereocenters. The third-order valence-electron chi connectivity index (χ3n) is 2.70. The Balaban J connectivity index is 2.09. The van der Waals surface area contributed by atoms with Gasteiger partial charge in [-0.3, -0.25) is 9.78 Å². The molecule has 4 heteroatoms. The number of carboxylic acid groups (broad SMARTS) is 1. The zero-order chi connectivity index (χ0) is 12.5. The first-order valence-corrected chi connectivity index (χ1v) is 6.05. The molecule has 0 aliphatic heterocycles. The van der Waals surface area contributed by atoms with Crippen LogP contribution in [-0.4, -0.2) is 22.6 Å². The van der Waals surface area contributed by atoms with Crippen LogP contribution in [0.2, 0.25) is 0 Å². The lowest BCUT2D eigenvalue weighted by Crippen LogP contribution is -2.19. The van der Waals surface area contributed by atoms with E-state index in [0.717, 1.165) is 25.8 Å². The van der Waals surface area contributed by atoms with Crippen molar-refractivity contribution in [1.29, 1.82) is 0 Å². The molecule has 0 amide bonds. The molecule has 1 aromatic rings. The molecule has 1 rings (SSSR count). The largest absolute Gasteiger partial charge is 0.481 e. The fourth-order valence-corrected chi connectivity index (χ4v) is 1.65. The van der Waals surface area contributed by atoms with Crippen LogP contribution in [0, 0.1) is 0 Å². The predicted molar refractivity (Wildman–Crippen MR) is 66.8 cm³/mol. The molecular weight excluding hydrogens is 216 g/mol. The summed E-state index contributed by atoms with van der Waals surface area (Å²) >= 11 is 0. The number of carboxylic acids is 1. The minimum absolute atomic E-state index is 0.276. The van der Waals surface area contributed by atoms with Gasteiger partial charge < -0.3 is 10.4 Å². The van der Waals surface area contributed by atoms with Crippen molar-refractivity contribution in [3.63, 3.8) is 0 Å². The second-order valence-electron chi connectivity index (χ2n) is 4.17. The fraction of sp³-hybridized carbons (Fsp3) is 0.538. The van der Waals surface area contributed by atoms with E-state index in [1.54, 1.807) is 6.20 Å². The number of hydrogen-bond acceptors (Lipinski definition) is 3. The Hall–Kier alpha value is -1.42. The summed E-state index contributed by atoms with van der Waals surface area (Å²) in [6.07, 6.45) is 6.64. The van der Waals surface area contributed by atoms with Gasteiger partial charge in [-0.1, -0.05) is 12.5 Å². The van der Waals surface area contributed by atoms with Gasteiger partial charge in [-0.25, -0.2) is 0 Å². The van der Waals surface area contributed by atoms with Crippen LogP contribution in [0.15, 0.2) is 24.5 Å². The second kappa shape index (κ2) is 7.79. The van der Waals surface area contributed by atoms with Crippen molar-refractivity contribution in [3.8, 4) is 0 Å². The standard InChI is InChI=1S/C13H20N2O2/c1-11(12-6-5-8-14-10-12)15-9-4-2-3-7-13(16)17/h5-6,8,10-11,15H,2-4,7,9H2,1H3,(H,16,17). The van der Waals surface area contributed by atoms with Crippen LogP contribution in [0.5, 0.6) is 0 Å². The molecule has 0 bridgehead atoms. The van der Waals surface area contributed by atoms with Crippen LogP contribution in [0.4, 0.5) is 0 Å². The highest BCUT2D eigenvalue weighted by atomic mass is 16.4. The highest BCUT2D eigenvalue weighted by Crippen LogP contribution is 2.09.